The van der Waals surface area contributed by atoms with E-state index in [-0.39, 0.29) is 0 Å². The van der Waals surface area contributed by atoms with Crippen molar-refractivity contribution in [2.45, 2.75) is 44.9 Å². The molecule has 3 unspecified atom stereocenters. The van der Waals surface area contributed by atoms with Crippen LogP contribution in [0.25, 0.3) is 0 Å². The molecular weight excluding hydrogens is 234 g/mol. The first kappa shape index (κ1) is 12.9. The molecule has 2 rings (SSSR count). The van der Waals surface area contributed by atoms with Gasteiger partial charge in [0, 0.05) is 23.7 Å². The van der Waals surface area contributed by atoms with Gasteiger partial charge in [0.1, 0.15) is 0 Å². The Morgan fingerprint density at radius 1 is 1.41 bits per heavy atom. The number of ether oxygens (including phenoxy) is 1. The molecule has 1 aromatic rings. The molecular formula is C14H20ClNO. The second-order valence-corrected chi connectivity index (χ2v) is 5.22. The Bertz CT molecular complexity index is 363. The molecule has 1 aliphatic rings. The van der Waals surface area contributed by atoms with Crippen molar-refractivity contribution in [2.75, 3.05) is 6.61 Å². The Morgan fingerprint density at radius 2 is 2.24 bits per heavy atom. The first-order valence-electron chi connectivity index (χ1n) is 6.30. The van der Waals surface area contributed by atoms with E-state index in [1.807, 2.05) is 18.2 Å². The van der Waals surface area contributed by atoms with Crippen molar-refractivity contribution in [3.63, 3.8) is 0 Å². The van der Waals surface area contributed by atoms with Gasteiger partial charge in [-0.25, -0.2) is 0 Å². The van der Waals surface area contributed by atoms with E-state index < -0.39 is 0 Å². The van der Waals surface area contributed by atoms with E-state index in [0.29, 0.717) is 18.2 Å². The van der Waals surface area contributed by atoms with Crippen molar-refractivity contribution in [3.05, 3.63) is 34.9 Å². The highest BCUT2D eigenvalue weighted by Crippen LogP contribution is 2.21. The molecule has 3 atom stereocenters. The molecule has 1 fully saturated rings. The van der Waals surface area contributed by atoms with Crippen LogP contribution in [0.4, 0.5) is 0 Å². The van der Waals surface area contributed by atoms with Crippen LogP contribution in [-0.2, 0) is 4.74 Å². The van der Waals surface area contributed by atoms with Crippen molar-refractivity contribution in [3.8, 4) is 0 Å². The highest BCUT2D eigenvalue weighted by Gasteiger charge is 2.23. The summed E-state index contributed by atoms with van der Waals surface area (Å²) in [5.74, 6) is 0. The molecule has 1 N–H and O–H groups in total. The third kappa shape index (κ3) is 3.44. The van der Waals surface area contributed by atoms with Gasteiger partial charge in [-0.3, -0.25) is 0 Å². The quantitative estimate of drug-likeness (QED) is 0.886. The Balaban J connectivity index is 1.93. The van der Waals surface area contributed by atoms with Crippen LogP contribution in [-0.4, -0.2) is 18.8 Å². The summed E-state index contributed by atoms with van der Waals surface area (Å²) in [5.41, 5.74) is 1.22. The Hall–Kier alpha value is -0.570. The zero-order chi connectivity index (χ0) is 12.3. The largest absolute Gasteiger partial charge is 0.377 e. The van der Waals surface area contributed by atoms with Gasteiger partial charge in [-0.1, -0.05) is 23.7 Å². The molecule has 0 bridgehead atoms. The lowest BCUT2D eigenvalue weighted by molar-refractivity contribution is 0.0804. The molecule has 1 heterocycles. The Kier molecular flexibility index (Phi) is 4.43. The van der Waals surface area contributed by atoms with Crippen LogP contribution in [0.3, 0.4) is 0 Å². The fraction of sp³-hybridized carbons (Fsp3) is 0.571. The topological polar surface area (TPSA) is 21.3 Å². The third-order valence-electron chi connectivity index (χ3n) is 3.38. The molecule has 0 saturated carbocycles. The maximum Gasteiger partial charge on any atom is 0.0726 e. The predicted molar refractivity (Wildman–Crippen MR) is 71.4 cm³/mol. The molecule has 1 aromatic carbocycles. The number of nitrogens with one attached hydrogen (secondary N) is 1. The number of rotatable bonds is 4. The maximum atomic E-state index is 6.00. The van der Waals surface area contributed by atoms with Crippen LogP contribution in [0.2, 0.25) is 5.02 Å². The lowest BCUT2D eigenvalue weighted by atomic mass is 10.0. The van der Waals surface area contributed by atoms with Crippen molar-refractivity contribution < 1.29 is 4.74 Å². The van der Waals surface area contributed by atoms with Crippen molar-refractivity contribution in [1.82, 2.24) is 5.32 Å². The van der Waals surface area contributed by atoms with Gasteiger partial charge in [0.15, 0.2) is 0 Å². The van der Waals surface area contributed by atoms with Crippen LogP contribution in [0.15, 0.2) is 24.3 Å². The second-order valence-electron chi connectivity index (χ2n) is 4.78. The summed E-state index contributed by atoms with van der Waals surface area (Å²) in [7, 11) is 0. The fourth-order valence-electron chi connectivity index (χ4n) is 2.37. The van der Waals surface area contributed by atoms with E-state index in [2.05, 4.69) is 25.2 Å². The van der Waals surface area contributed by atoms with Gasteiger partial charge in [0.05, 0.1) is 6.10 Å². The molecule has 94 valence electrons. The Labute approximate surface area is 108 Å². The van der Waals surface area contributed by atoms with Gasteiger partial charge in [0.2, 0.25) is 0 Å². The molecule has 2 nitrogen and oxygen atoms in total. The zero-order valence-electron chi connectivity index (χ0n) is 10.4. The van der Waals surface area contributed by atoms with E-state index in [9.17, 15) is 0 Å². The zero-order valence-corrected chi connectivity index (χ0v) is 11.2. The molecule has 1 aliphatic heterocycles. The first-order valence-corrected chi connectivity index (χ1v) is 6.67. The minimum absolute atomic E-state index is 0.299. The summed E-state index contributed by atoms with van der Waals surface area (Å²) in [6.45, 7) is 5.26. The Morgan fingerprint density at radius 3 is 2.88 bits per heavy atom. The summed E-state index contributed by atoms with van der Waals surface area (Å²) >= 11 is 6.00. The summed E-state index contributed by atoms with van der Waals surface area (Å²) in [6, 6.07) is 8.69. The van der Waals surface area contributed by atoms with Crippen LogP contribution in [0.1, 0.15) is 38.3 Å². The summed E-state index contributed by atoms with van der Waals surface area (Å²) in [5, 5.41) is 4.37. The molecule has 0 aliphatic carbocycles. The van der Waals surface area contributed by atoms with Crippen LogP contribution < -0.4 is 5.32 Å². The summed E-state index contributed by atoms with van der Waals surface area (Å²) in [4.78, 5) is 0. The van der Waals surface area contributed by atoms with Gasteiger partial charge in [0.25, 0.3) is 0 Å². The molecule has 0 radical (unpaired) electrons. The van der Waals surface area contributed by atoms with Gasteiger partial charge in [-0.05, 0) is 44.4 Å². The summed E-state index contributed by atoms with van der Waals surface area (Å²) in [6.07, 6.45) is 2.70. The second kappa shape index (κ2) is 5.85. The minimum atomic E-state index is 0.299. The van der Waals surface area contributed by atoms with E-state index in [1.165, 1.54) is 12.0 Å². The monoisotopic (exact) mass is 253 g/mol. The number of hydrogen-bond acceptors (Lipinski definition) is 2. The summed E-state index contributed by atoms with van der Waals surface area (Å²) < 4.78 is 5.69. The average Bonchev–Trinajstić information content (AvgIpc) is 2.82. The molecule has 0 amide bonds. The molecule has 1 saturated heterocycles. The first-order chi connectivity index (χ1) is 8.16. The minimum Gasteiger partial charge on any atom is -0.377 e. The van der Waals surface area contributed by atoms with Gasteiger partial charge in [-0.2, -0.15) is 0 Å². The standard InChI is InChI=1S/C14H20ClNO/c1-10(12-5-3-6-13(15)9-12)16-11(2)14-7-4-8-17-14/h3,5-6,9-11,14,16H,4,7-8H2,1-2H3. The number of halogens is 1. The highest BCUT2D eigenvalue weighted by atomic mass is 35.5. The number of hydrogen-bond donors (Lipinski definition) is 1. The maximum absolute atomic E-state index is 6.00. The van der Waals surface area contributed by atoms with Crippen LogP contribution >= 0.6 is 11.6 Å². The van der Waals surface area contributed by atoms with E-state index >= 15 is 0 Å². The van der Waals surface area contributed by atoms with Crippen LogP contribution in [0.5, 0.6) is 0 Å². The van der Waals surface area contributed by atoms with Crippen LogP contribution in [0, 0.1) is 0 Å². The van der Waals surface area contributed by atoms with E-state index in [1.54, 1.807) is 0 Å². The SMILES string of the molecule is CC(NC(C)C1CCCO1)c1cccc(Cl)c1. The van der Waals surface area contributed by atoms with Gasteiger partial charge < -0.3 is 10.1 Å². The predicted octanol–water partition coefficient (Wildman–Crippen LogP) is 3.56. The molecule has 0 aromatic heterocycles. The lowest BCUT2D eigenvalue weighted by Gasteiger charge is -2.24. The third-order valence-corrected chi connectivity index (χ3v) is 3.62. The van der Waals surface area contributed by atoms with E-state index in [0.717, 1.165) is 18.1 Å². The smallest absolute Gasteiger partial charge is 0.0726 e. The lowest BCUT2D eigenvalue weighted by Crippen LogP contribution is -2.38. The average molecular weight is 254 g/mol. The molecule has 17 heavy (non-hydrogen) atoms. The fourth-order valence-corrected chi connectivity index (χ4v) is 2.57. The van der Waals surface area contributed by atoms with Crippen molar-refractivity contribution >= 4 is 11.6 Å². The van der Waals surface area contributed by atoms with E-state index in [4.69, 9.17) is 16.3 Å². The van der Waals surface area contributed by atoms with Gasteiger partial charge in [-0.15, -0.1) is 0 Å². The molecule has 3 heteroatoms. The highest BCUT2D eigenvalue weighted by molar-refractivity contribution is 6.30. The van der Waals surface area contributed by atoms with Crippen molar-refractivity contribution in [2.24, 2.45) is 0 Å². The van der Waals surface area contributed by atoms with Gasteiger partial charge >= 0.3 is 0 Å². The number of benzene rings is 1. The van der Waals surface area contributed by atoms with Crippen molar-refractivity contribution in [1.29, 1.82) is 0 Å². The normalized spacial score (nSPS) is 23.6. The molecule has 0 spiro atoms.